The maximum atomic E-state index is 12.0. The lowest BCUT2D eigenvalue weighted by Crippen LogP contribution is -2.47. The molecule has 1 fully saturated rings. The van der Waals surface area contributed by atoms with Crippen LogP contribution in [0.15, 0.2) is 12.7 Å². The zero-order valence-corrected chi connectivity index (χ0v) is 11.6. The molecule has 0 heterocycles. The van der Waals surface area contributed by atoms with Crippen LogP contribution in [0.25, 0.3) is 0 Å². The monoisotopic (exact) mass is 268 g/mol. The molecule has 1 aliphatic rings. The SMILES string of the molecule is C=CCN(CC(=O)O)C(=O)NC1CCC(CC)CC1. The second kappa shape index (κ2) is 7.81. The highest BCUT2D eigenvalue weighted by Crippen LogP contribution is 2.26. The number of nitrogens with zero attached hydrogens (tertiary/aromatic N) is 1. The number of hydrogen-bond acceptors (Lipinski definition) is 2. The Kier molecular flexibility index (Phi) is 6.39. The zero-order valence-electron chi connectivity index (χ0n) is 11.6. The molecule has 1 aliphatic carbocycles. The molecule has 1 rings (SSSR count). The summed E-state index contributed by atoms with van der Waals surface area (Å²) in [5, 5.41) is 11.7. The molecule has 5 nitrogen and oxygen atoms in total. The van der Waals surface area contributed by atoms with E-state index in [2.05, 4.69) is 18.8 Å². The fourth-order valence-electron chi connectivity index (χ4n) is 2.52. The van der Waals surface area contributed by atoms with Crippen molar-refractivity contribution in [1.29, 1.82) is 0 Å². The Balaban J connectivity index is 2.43. The fourth-order valence-corrected chi connectivity index (χ4v) is 2.52. The molecule has 0 saturated heterocycles. The molecule has 0 aromatic rings. The van der Waals surface area contributed by atoms with E-state index in [0.717, 1.165) is 31.6 Å². The van der Waals surface area contributed by atoms with Crippen molar-refractivity contribution >= 4 is 12.0 Å². The Morgan fingerprint density at radius 1 is 1.37 bits per heavy atom. The summed E-state index contributed by atoms with van der Waals surface area (Å²) < 4.78 is 0. The molecule has 2 amide bonds. The molecular weight excluding hydrogens is 244 g/mol. The van der Waals surface area contributed by atoms with Gasteiger partial charge >= 0.3 is 12.0 Å². The number of carboxylic acid groups (broad SMARTS) is 1. The first kappa shape index (κ1) is 15.5. The third-order valence-corrected chi connectivity index (χ3v) is 3.71. The van der Waals surface area contributed by atoms with Crippen LogP contribution >= 0.6 is 0 Å². The minimum absolute atomic E-state index is 0.177. The molecule has 108 valence electrons. The lowest BCUT2D eigenvalue weighted by molar-refractivity contribution is -0.137. The van der Waals surface area contributed by atoms with Gasteiger partial charge in [-0.05, 0) is 31.6 Å². The summed E-state index contributed by atoms with van der Waals surface area (Å²) in [6.45, 7) is 5.70. The number of urea groups is 1. The van der Waals surface area contributed by atoms with E-state index in [0.29, 0.717) is 0 Å². The Hall–Kier alpha value is -1.52. The fraction of sp³-hybridized carbons (Fsp3) is 0.714. The Morgan fingerprint density at radius 2 is 2.00 bits per heavy atom. The molecule has 1 saturated carbocycles. The van der Waals surface area contributed by atoms with Gasteiger partial charge in [0, 0.05) is 12.6 Å². The first-order valence-corrected chi connectivity index (χ1v) is 6.94. The number of rotatable bonds is 6. The van der Waals surface area contributed by atoms with Gasteiger partial charge < -0.3 is 15.3 Å². The van der Waals surface area contributed by atoms with Gasteiger partial charge in [-0.25, -0.2) is 4.79 Å². The second-order valence-electron chi connectivity index (χ2n) is 5.14. The first-order chi connectivity index (χ1) is 9.06. The van der Waals surface area contributed by atoms with Crippen LogP contribution in [-0.2, 0) is 4.79 Å². The molecule has 0 radical (unpaired) electrons. The van der Waals surface area contributed by atoms with Gasteiger partial charge in [-0.1, -0.05) is 19.4 Å². The van der Waals surface area contributed by atoms with Crippen molar-refractivity contribution in [3.63, 3.8) is 0 Å². The molecule has 0 unspecified atom stereocenters. The van der Waals surface area contributed by atoms with Crippen LogP contribution in [0.3, 0.4) is 0 Å². The number of carbonyl (C=O) groups excluding carboxylic acids is 1. The van der Waals surface area contributed by atoms with E-state index in [1.54, 1.807) is 0 Å². The Labute approximate surface area is 114 Å². The molecule has 19 heavy (non-hydrogen) atoms. The van der Waals surface area contributed by atoms with Crippen molar-refractivity contribution in [2.75, 3.05) is 13.1 Å². The maximum Gasteiger partial charge on any atom is 0.323 e. The van der Waals surface area contributed by atoms with Crippen LogP contribution in [0.2, 0.25) is 0 Å². The van der Waals surface area contributed by atoms with Crippen molar-refractivity contribution in [2.45, 2.75) is 45.1 Å². The summed E-state index contributed by atoms with van der Waals surface area (Å²) in [5.41, 5.74) is 0. The Bertz CT molecular complexity index is 323. The van der Waals surface area contributed by atoms with Gasteiger partial charge in [0.15, 0.2) is 0 Å². The number of carbonyl (C=O) groups is 2. The van der Waals surface area contributed by atoms with Gasteiger partial charge in [0.1, 0.15) is 6.54 Å². The minimum Gasteiger partial charge on any atom is -0.480 e. The normalized spacial score (nSPS) is 22.6. The van der Waals surface area contributed by atoms with Crippen LogP contribution in [-0.4, -0.2) is 41.1 Å². The van der Waals surface area contributed by atoms with E-state index in [-0.39, 0.29) is 25.2 Å². The van der Waals surface area contributed by atoms with E-state index in [1.807, 2.05) is 0 Å². The number of carboxylic acids is 1. The average Bonchev–Trinajstić information content (AvgIpc) is 2.38. The molecule has 0 spiro atoms. The molecule has 2 N–H and O–H groups in total. The highest BCUT2D eigenvalue weighted by Gasteiger charge is 2.23. The van der Waals surface area contributed by atoms with Crippen molar-refractivity contribution in [2.24, 2.45) is 5.92 Å². The third-order valence-electron chi connectivity index (χ3n) is 3.71. The summed E-state index contributed by atoms with van der Waals surface area (Å²) in [6.07, 6.45) is 6.99. The number of amides is 2. The van der Waals surface area contributed by atoms with E-state index in [4.69, 9.17) is 5.11 Å². The van der Waals surface area contributed by atoms with Crippen molar-refractivity contribution in [3.8, 4) is 0 Å². The number of nitrogens with one attached hydrogen (secondary N) is 1. The van der Waals surface area contributed by atoms with Gasteiger partial charge in [-0.2, -0.15) is 0 Å². The van der Waals surface area contributed by atoms with E-state index in [1.165, 1.54) is 17.4 Å². The zero-order chi connectivity index (χ0) is 14.3. The highest BCUT2D eigenvalue weighted by atomic mass is 16.4. The predicted octanol–water partition coefficient (Wildman–Crippen LogP) is 2.24. The number of hydrogen-bond donors (Lipinski definition) is 2. The molecule has 0 atom stereocenters. The molecular formula is C14H24N2O3. The first-order valence-electron chi connectivity index (χ1n) is 6.94. The topological polar surface area (TPSA) is 69.6 Å². The van der Waals surface area contributed by atoms with Gasteiger partial charge in [0.05, 0.1) is 0 Å². The van der Waals surface area contributed by atoms with Gasteiger partial charge in [-0.3, -0.25) is 4.79 Å². The minimum atomic E-state index is -1.01. The lowest BCUT2D eigenvalue weighted by Gasteiger charge is -2.30. The van der Waals surface area contributed by atoms with E-state index in [9.17, 15) is 9.59 Å². The highest BCUT2D eigenvalue weighted by molar-refractivity contribution is 5.80. The molecule has 0 aliphatic heterocycles. The standard InChI is InChI=1S/C14H24N2O3/c1-3-9-16(10-13(17)18)14(19)15-12-7-5-11(4-2)6-8-12/h3,11-12H,1,4-10H2,2H3,(H,15,19)(H,17,18). The van der Waals surface area contributed by atoms with E-state index >= 15 is 0 Å². The van der Waals surface area contributed by atoms with Crippen LogP contribution in [0.1, 0.15) is 39.0 Å². The van der Waals surface area contributed by atoms with Crippen LogP contribution in [0.5, 0.6) is 0 Å². The summed E-state index contributed by atoms with van der Waals surface area (Å²) in [4.78, 5) is 24.0. The van der Waals surface area contributed by atoms with Crippen molar-refractivity contribution < 1.29 is 14.7 Å². The molecule has 0 aromatic heterocycles. The van der Waals surface area contributed by atoms with E-state index < -0.39 is 5.97 Å². The summed E-state index contributed by atoms with van der Waals surface area (Å²) >= 11 is 0. The van der Waals surface area contributed by atoms with Gasteiger partial charge in [0.2, 0.25) is 0 Å². The summed E-state index contributed by atoms with van der Waals surface area (Å²) in [6, 6.07) is -0.126. The predicted molar refractivity (Wildman–Crippen MR) is 74.0 cm³/mol. The Morgan fingerprint density at radius 3 is 2.47 bits per heavy atom. The quantitative estimate of drug-likeness (QED) is 0.726. The van der Waals surface area contributed by atoms with Crippen LogP contribution < -0.4 is 5.32 Å². The molecule has 0 aromatic carbocycles. The maximum absolute atomic E-state index is 12.0. The van der Waals surface area contributed by atoms with Gasteiger partial charge in [0.25, 0.3) is 0 Å². The van der Waals surface area contributed by atoms with Gasteiger partial charge in [-0.15, -0.1) is 6.58 Å². The smallest absolute Gasteiger partial charge is 0.323 e. The summed E-state index contributed by atoms with van der Waals surface area (Å²) in [5.74, 6) is -0.233. The van der Waals surface area contributed by atoms with Crippen molar-refractivity contribution in [1.82, 2.24) is 10.2 Å². The average molecular weight is 268 g/mol. The molecule has 0 bridgehead atoms. The largest absolute Gasteiger partial charge is 0.480 e. The van der Waals surface area contributed by atoms with Crippen molar-refractivity contribution in [3.05, 3.63) is 12.7 Å². The molecule has 5 heteroatoms. The lowest BCUT2D eigenvalue weighted by atomic mass is 9.84. The summed E-state index contributed by atoms with van der Waals surface area (Å²) in [7, 11) is 0. The second-order valence-corrected chi connectivity index (χ2v) is 5.14. The third kappa shape index (κ3) is 5.32. The van der Waals surface area contributed by atoms with Crippen LogP contribution in [0, 0.1) is 5.92 Å². The number of aliphatic carboxylic acids is 1. The van der Waals surface area contributed by atoms with Crippen LogP contribution in [0.4, 0.5) is 4.79 Å².